The number of hydrogen-bond donors (Lipinski definition) is 0. The molecule has 0 radical (unpaired) electrons. The quantitative estimate of drug-likeness (QED) is 0.369. The van der Waals surface area contributed by atoms with Gasteiger partial charge in [0, 0.05) is 12.6 Å². The van der Waals surface area contributed by atoms with Crippen molar-refractivity contribution >= 4 is 11.6 Å². The zero-order chi connectivity index (χ0) is 19.5. The van der Waals surface area contributed by atoms with Crippen LogP contribution in [0.5, 0.6) is 5.75 Å². The second kappa shape index (κ2) is 7.52. The van der Waals surface area contributed by atoms with Gasteiger partial charge < -0.3 is 9.64 Å². The van der Waals surface area contributed by atoms with E-state index in [4.69, 9.17) is 4.74 Å². The Bertz CT molecular complexity index is 992. The van der Waals surface area contributed by atoms with Crippen molar-refractivity contribution in [3.05, 3.63) is 106 Å². The van der Waals surface area contributed by atoms with E-state index in [1.807, 2.05) is 60.7 Å². The molecular weight excluding hydrogens is 356 g/mol. The van der Waals surface area contributed by atoms with Crippen LogP contribution in [0, 0.1) is 10.1 Å². The van der Waals surface area contributed by atoms with Crippen LogP contribution in [0.1, 0.15) is 17.2 Å². The molecule has 1 heterocycles. The highest BCUT2D eigenvalue weighted by Crippen LogP contribution is 2.40. The summed E-state index contributed by atoms with van der Waals surface area (Å²) >= 11 is 0. The molecular formula is C22H18N2O4. The van der Waals surface area contributed by atoms with Gasteiger partial charge in [-0.2, -0.15) is 0 Å². The predicted molar refractivity (Wildman–Crippen MR) is 104 cm³/mol. The third kappa shape index (κ3) is 3.32. The first kappa shape index (κ1) is 17.7. The zero-order valence-corrected chi connectivity index (χ0v) is 15.0. The molecule has 1 saturated heterocycles. The minimum Gasteiger partial charge on any atom is -0.471 e. The molecule has 6 heteroatoms. The summed E-state index contributed by atoms with van der Waals surface area (Å²) in [5, 5.41) is 11.3. The molecule has 3 aromatic carbocycles. The highest BCUT2D eigenvalue weighted by Gasteiger charge is 2.50. The number of carbonyl (C=O) groups excluding carboxylic acids is 1. The second-order valence-corrected chi connectivity index (χ2v) is 6.57. The van der Waals surface area contributed by atoms with Gasteiger partial charge >= 0.3 is 5.69 Å². The molecule has 2 atom stereocenters. The summed E-state index contributed by atoms with van der Waals surface area (Å²) in [4.78, 5) is 25.4. The number of ether oxygens (including phenoxy) is 1. The molecule has 0 unspecified atom stereocenters. The molecule has 1 aliphatic heterocycles. The Balaban J connectivity index is 1.63. The van der Waals surface area contributed by atoms with Crippen molar-refractivity contribution in [2.24, 2.45) is 0 Å². The van der Waals surface area contributed by atoms with Gasteiger partial charge in [0.25, 0.3) is 5.91 Å². The summed E-state index contributed by atoms with van der Waals surface area (Å²) in [6.07, 6.45) is -0.799. The summed E-state index contributed by atoms with van der Waals surface area (Å²) in [6.45, 7) is 0.454. The third-order valence-electron chi connectivity index (χ3n) is 4.80. The molecule has 3 aromatic rings. The van der Waals surface area contributed by atoms with E-state index in [2.05, 4.69) is 0 Å². The van der Waals surface area contributed by atoms with Gasteiger partial charge in [-0.25, -0.2) is 0 Å². The lowest BCUT2D eigenvalue weighted by Gasteiger charge is -2.46. The molecule has 0 aromatic heterocycles. The Hall–Kier alpha value is -3.67. The van der Waals surface area contributed by atoms with Crippen molar-refractivity contribution in [2.75, 3.05) is 0 Å². The Morgan fingerprint density at radius 2 is 1.50 bits per heavy atom. The van der Waals surface area contributed by atoms with Crippen LogP contribution in [0.4, 0.5) is 5.69 Å². The lowest BCUT2D eigenvalue weighted by Crippen LogP contribution is -2.60. The maximum Gasteiger partial charge on any atom is 0.310 e. The van der Waals surface area contributed by atoms with Crippen molar-refractivity contribution in [1.29, 1.82) is 0 Å². The number of benzene rings is 3. The topological polar surface area (TPSA) is 72.7 Å². The van der Waals surface area contributed by atoms with Crippen LogP contribution < -0.4 is 4.74 Å². The Morgan fingerprint density at radius 3 is 2.18 bits per heavy atom. The first-order valence-electron chi connectivity index (χ1n) is 8.94. The number of β-lactam (4-membered cyclic amide) rings is 1. The average Bonchev–Trinajstić information content (AvgIpc) is 2.74. The van der Waals surface area contributed by atoms with E-state index in [0.717, 1.165) is 11.1 Å². The van der Waals surface area contributed by atoms with Gasteiger partial charge in [0.05, 0.1) is 4.92 Å². The molecule has 0 aliphatic carbocycles. The number of nitrogens with zero attached hydrogens (tertiary/aromatic N) is 2. The summed E-state index contributed by atoms with van der Waals surface area (Å²) in [5.74, 6) is -0.0815. The van der Waals surface area contributed by atoms with Crippen molar-refractivity contribution in [3.8, 4) is 5.75 Å². The van der Waals surface area contributed by atoms with E-state index < -0.39 is 11.0 Å². The number of carbonyl (C=O) groups is 1. The van der Waals surface area contributed by atoms with Gasteiger partial charge in [-0.15, -0.1) is 0 Å². The van der Waals surface area contributed by atoms with Crippen molar-refractivity contribution in [1.82, 2.24) is 4.90 Å². The van der Waals surface area contributed by atoms with Gasteiger partial charge in [-0.05, 0) is 17.2 Å². The van der Waals surface area contributed by atoms with E-state index >= 15 is 0 Å². The van der Waals surface area contributed by atoms with E-state index in [1.165, 1.54) is 12.1 Å². The summed E-state index contributed by atoms with van der Waals surface area (Å²) in [6, 6.07) is 25.1. The summed E-state index contributed by atoms with van der Waals surface area (Å²) < 4.78 is 5.86. The van der Waals surface area contributed by atoms with Gasteiger partial charge in [0.15, 0.2) is 5.75 Å². The highest BCUT2D eigenvalue weighted by atomic mass is 16.6. The predicted octanol–water partition coefficient (Wildman–Crippen LogP) is 4.13. The van der Waals surface area contributed by atoms with E-state index in [9.17, 15) is 14.9 Å². The Kier molecular flexibility index (Phi) is 4.76. The van der Waals surface area contributed by atoms with Crippen LogP contribution in [0.2, 0.25) is 0 Å². The highest BCUT2D eigenvalue weighted by molar-refractivity contribution is 5.89. The largest absolute Gasteiger partial charge is 0.471 e. The smallest absolute Gasteiger partial charge is 0.310 e. The lowest BCUT2D eigenvalue weighted by atomic mass is 9.90. The first-order chi connectivity index (χ1) is 13.6. The summed E-state index contributed by atoms with van der Waals surface area (Å²) in [5.41, 5.74) is 1.80. The number of hydrogen-bond acceptors (Lipinski definition) is 4. The molecule has 0 spiro atoms. The van der Waals surface area contributed by atoms with Gasteiger partial charge in [-0.3, -0.25) is 14.9 Å². The van der Waals surface area contributed by atoms with Crippen LogP contribution >= 0.6 is 0 Å². The molecule has 4 rings (SSSR count). The third-order valence-corrected chi connectivity index (χ3v) is 4.80. The normalized spacial score (nSPS) is 18.4. The maximum atomic E-state index is 12.9. The van der Waals surface area contributed by atoms with Gasteiger partial charge in [-0.1, -0.05) is 72.8 Å². The maximum absolute atomic E-state index is 12.9. The van der Waals surface area contributed by atoms with Crippen LogP contribution in [0.25, 0.3) is 0 Å². The fraction of sp³-hybridized carbons (Fsp3) is 0.136. The second-order valence-electron chi connectivity index (χ2n) is 6.57. The first-order valence-corrected chi connectivity index (χ1v) is 8.94. The molecule has 1 amide bonds. The van der Waals surface area contributed by atoms with Gasteiger partial charge in [0.1, 0.15) is 6.04 Å². The van der Waals surface area contributed by atoms with E-state index in [0.29, 0.717) is 6.54 Å². The molecule has 6 nitrogen and oxygen atoms in total. The molecule has 0 saturated carbocycles. The zero-order valence-electron chi connectivity index (χ0n) is 15.0. The van der Waals surface area contributed by atoms with E-state index in [-0.39, 0.29) is 23.4 Å². The number of para-hydroxylation sites is 2. The minimum atomic E-state index is -0.799. The lowest BCUT2D eigenvalue weighted by molar-refractivity contribution is -0.386. The molecule has 0 bridgehead atoms. The monoisotopic (exact) mass is 374 g/mol. The molecule has 0 N–H and O–H groups in total. The van der Waals surface area contributed by atoms with Gasteiger partial charge in [0.2, 0.25) is 6.10 Å². The van der Waals surface area contributed by atoms with Crippen molar-refractivity contribution in [3.63, 3.8) is 0 Å². The number of likely N-dealkylation sites (tertiary alicyclic amines) is 1. The standard InChI is InChI=1S/C22H18N2O4/c25-22-21(28-19-14-8-7-13-18(19)24(26)27)20(17-11-5-2-6-12-17)23(22)15-16-9-3-1-4-10-16/h1-14,20-21H,15H2/t20-,21+/m1/s1. The SMILES string of the molecule is O=C1[C@@H](Oc2ccccc2[N+](=O)[O-])[C@@H](c2ccccc2)N1Cc1ccccc1. The van der Waals surface area contributed by atoms with Crippen LogP contribution in [-0.2, 0) is 11.3 Å². The minimum absolute atomic E-state index is 0.103. The Labute approximate surface area is 162 Å². The molecule has 1 aliphatic rings. The summed E-state index contributed by atoms with van der Waals surface area (Å²) in [7, 11) is 0. The molecule has 1 fully saturated rings. The fourth-order valence-electron chi connectivity index (χ4n) is 3.44. The van der Waals surface area contributed by atoms with Crippen LogP contribution in [0.15, 0.2) is 84.9 Å². The number of nitro groups is 1. The van der Waals surface area contributed by atoms with E-state index in [1.54, 1.807) is 17.0 Å². The van der Waals surface area contributed by atoms with Crippen LogP contribution in [-0.4, -0.2) is 21.8 Å². The van der Waals surface area contributed by atoms with Crippen LogP contribution in [0.3, 0.4) is 0 Å². The van der Waals surface area contributed by atoms with Crippen molar-refractivity contribution < 1.29 is 14.5 Å². The molecule has 140 valence electrons. The van der Waals surface area contributed by atoms with Crippen molar-refractivity contribution in [2.45, 2.75) is 18.7 Å². The average molecular weight is 374 g/mol. The number of amides is 1. The number of rotatable bonds is 6. The fourth-order valence-corrected chi connectivity index (χ4v) is 3.44. The molecule has 28 heavy (non-hydrogen) atoms. The Morgan fingerprint density at radius 1 is 0.893 bits per heavy atom. The number of nitro benzene ring substituents is 1.